The summed E-state index contributed by atoms with van der Waals surface area (Å²) in [5.74, 6) is 1.01. The van der Waals surface area contributed by atoms with Gasteiger partial charge in [0.15, 0.2) is 5.96 Å². The normalized spacial score (nSPS) is 18.9. The highest BCUT2D eigenvalue weighted by atomic mass is 127. The van der Waals surface area contributed by atoms with E-state index in [9.17, 15) is 4.79 Å². The molecule has 0 spiro atoms. The number of nitrogens with zero attached hydrogens (tertiary/aromatic N) is 4. The SMILES string of the molecule is CCc1nc(CNC(=NC)N2CCN(C3CC3)C(=O)C2)cs1.I. The van der Waals surface area contributed by atoms with Crippen molar-refractivity contribution in [2.45, 2.75) is 38.8 Å². The van der Waals surface area contributed by atoms with Crippen molar-refractivity contribution in [1.29, 1.82) is 0 Å². The monoisotopic (exact) mass is 449 g/mol. The summed E-state index contributed by atoms with van der Waals surface area (Å²) in [6, 6.07) is 0.507. The topological polar surface area (TPSA) is 60.8 Å². The number of aromatic nitrogens is 1. The van der Waals surface area contributed by atoms with Crippen LogP contribution in [0.5, 0.6) is 0 Å². The van der Waals surface area contributed by atoms with Gasteiger partial charge in [-0.25, -0.2) is 4.98 Å². The summed E-state index contributed by atoms with van der Waals surface area (Å²) in [6.07, 6.45) is 3.31. The molecule has 0 bridgehead atoms. The molecular weight excluding hydrogens is 425 g/mol. The molecule has 1 aromatic rings. The number of carbonyl (C=O) groups excluding carboxylic acids is 1. The molecule has 1 N–H and O–H groups in total. The molecule has 128 valence electrons. The molecule has 2 heterocycles. The average Bonchev–Trinajstić information content (AvgIpc) is 3.26. The number of rotatable bonds is 4. The lowest BCUT2D eigenvalue weighted by molar-refractivity contribution is -0.135. The van der Waals surface area contributed by atoms with Crippen LogP contribution in [-0.2, 0) is 17.8 Å². The second kappa shape index (κ2) is 8.27. The van der Waals surface area contributed by atoms with Gasteiger partial charge in [-0.2, -0.15) is 0 Å². The van der Waals surface area contributed by atoms with Crippen LogP contribution in [0.3, 0.4) is 0 Å². The third-order valence-electron chi connectivity index (χ3n) is 4.09. The largest absolute Gasteiger partial charge is 0.351 e. The third-order valence-corrected chi connectivity index (χ3v) is 5.13. The number of amides is 1. The van der Waals surface area contributed by atoms with Gasteiger partial charge in [-0.15, -0.1) is 35.3 Å². The van der Waals surface area contributed by atoms with Gasteiger partial charge in [0.05, 0.1) is 23.8 Å². The highest BCUT2D eigenvalue weighted by Crippen LogP contribution is 2.28. The van der Waals surface area contributed by atoms with Crippen LogP contribution in [-0.4, -0.2) is 59.4 Å². The smallest absolute Gasteiger partial charge is 0.242 e. The lowest BCUT2D eigenvalue weighted by atomic mass is 10.3. The quantitative estimate of drug-likeness (QED) is 0.432. The fourth-order valence-corrected chi connectivity index (χ4v) is 3.48. The van der Waals surface area contributed by atoms with E-state index in [0.29, 0.717) is 19.1 Å². The van der Waals surface area contributed by atoms with Crippen molar-refractivity contribution in [2.75, 3.05) is 26.7 Å². The van der Waals surface area contributed by atoms with Gasteiger partial charge in [0.1, 0.15) is 0 Å². The number of thiazole rings is 1. The number of guanidine groups is 1. The van der Waals surface area contributed by atoms with Gasteiger partial charge in [0.2, 0.25) is 5.91 Å². The van der Waals surface area contributed by atoms with Gasteiger partial charge in [-0.3, -0.25) is 9.79 Å². The van der Waals surface area contributed by atoms with E-state index in [2.05, 4.69) is 27.6 Å². The molecule has 3 rings (SSSR count). The maximum absolute atomic E-state index is 12.2. The maximum atomic E-state index is 12.2. The Bertz CT molecular complexity index is 572. The molecule has 0 radical (unpaired) electrons. The number of hydrogen-bond acceptors (Lipinski definition) is 4. The molecule has 0 aromatic carbocycles. The van der Waals surface area contributed by atoms with Crippen molar-refractivity contribution < 1.29 is 4.79 Å². The summed E-state index contributed by atoms with van der Waals surface area (Å²) < 4.78 is 0. The van der Waals surface area contributed by atoms with Gasteiger partial charge >= 0.3 is 0 Å². The minimum atomic E-state index is 0. The molecule has 0 unspecified atom stereocenters. The van der Waals surface area contributed by atoms with E-state index in [-0.39, 0.29) is 29.9 Å². The molecule has 1 saturated heterocycles. The number of nitrogens with one attached hydrogen (secondary N) is 1. The van der Waals surface area contributed by atoms with Crippen LogP contribution in [0.1, 0.15) is 30.5 Å². The van der Waals surface area contributed by atoms with Gasteiger partial charge in [-0.1, -0.05) is 6.92 Å². The molecule has 1 saturated carbocycles. The Morgan fingerprint density at radius 2 is 2.26 bits per heavy atom. The lowest BCUT2D eigenvalue weighted by Gasteiger charge is -2.36. The standard InChI is InChI=1S/C15H23N5OS.HI/c1-3-13-18-11(10-22-13)8-17-15(16-2)19-6-7-20(12-4-5-12)14(21)9-19;/h10,12H,3-9H2,1-2H3,(H,16,17);1H. The number of aryl methyl sites for hydroxylation is 1. The number of hydrogen-bond donors (Lipinski definition) is 1. The molecule has 23 heavy (non-hydrogen) atoms. The highest BCUT2D eigenvalue weighted by molar-refractivity contribution is 14.0. The zero-order chi connectivity index (χ0) is 15.5. The summed E-state index contributed by atoms with van der Waals surface area (Å²) in [7, 11) is 1.76. The van der Waals surface area contributed by atoms with E-state index in [1.807, 2.05) is 9.80 Å². The van der Waals surface area contributed by atoms with Crippen LogP contribution in [0.2, 0.25) is 0 Å². The van der Waals surface area contributed by atoms with Crippen molar-refractivity contribution in [2.24, 2.45) is 4.99 Å². The number of carbonyl (C=O) groups is 1. The van der Waals surface area contributed by atoms with Crippen molar-refractivity contribution in [3.05, 3.63) is 16.1 Å². The first-order valence-corrected chi connectivity index (χ1v) is 8.77. The van der Waals surface area contributed by atoms with Crippen LogP contribution in [0.25, 0.3) is 0 Å². The summed E-state index contributed by atoms with van der Waals surface area (Å²) in [5.41, 5.74) is 1.03. The minimum Gasteiger partial charge on any atom is -0.351 e. The predicted molar refractivity (Wildman–Crippen MR) is 103 cm³/mol. The Labute approximate surface area is 158 Å². The summed E-state index contributed by atoms with van der Waals surface area (Å²) in [6.45, 7) is 4.84. The van der Waals surface area contributed by atoms with Crippen LogP contribution >= 0.6 is 35.3 Å². The van der Waals surface area contributed by atoms with Gasteiger partial charge in [-0.05, 0) is 19.3 Å². The molecule has 0 atom stereocenters. The average molecular weight is 449 g/mol. The van der Waals surface area contributed by atoms with Gasteiger partial charge in [0, 0.05) is 31.6 Å². The second-order valence-corrected chi connectivity index (χ2v) is 6.67. The van der Waals surface area contributed by atoms with Crippen LogP contribution < -0.4 is 5.32 Å². The second-order valence-electron chi connectivity index (χ2n) is 5.73. The minimum absolute atomic E-state index is 0. The van der Waals surface area contributed by atoms with Crippen molar-refractivity contribution in [3.8, 4) is 0 Å². The maximum Gasteiger partial charge on any atom is 0.242 e. The first-order chi connectivity index (χ1) is 10.7. The Morgan fingerprint density at radius 1 is 1.48 bits per heavy atom. The molecular formula is C15H24IN5OS. The zero-order valence-corrected chi connectivity index (χ0v) is 16.8. The van der Waals surface area contributed by atoms with Crippen molar-refractivity contribution in [1.82, 2.24) is 20.1 Å². The van der Waals surface area contributed by atoms with Crippen molar-refractivity contribution in [3.63, 3.8) is 0 Å². The third kappa shape index (κ3) is 4.56. The number of aliphatic imine (C=N–C) groups is 1. The van der Waals surface area contributed by atoms with E-state index in [1.54, 1.807) is 18.4 Å². The lowest BCUT2D eigenvalue weighted by Crippen LogP contribution is -2.55. The van der Waals surface area contributed by atoms with Crippen LogP contribution in [0.4, 0.5) is 0 Å². The molecule has 1 aliphatic heterocycles. The number of halogens is 1. The molecule has 6 nitrogen and oxygen atoms in total. The van der Waals surface area contributed by atoms with Gasteiger partial charge in [0.25, 0.3) is 0 Å². The number of piperazine rings is 1. The van der Waals surface area contributed by atoms with E-state index in [0.717, 1.165) is 36.2 Å². The Kier molecular flexibility index (Phi) is 6.63. The van der Waals surface area contributed by atoms with E-state index in [4.69, 9.17) is 0 Å². The molecule has 1 aliphatic carbocycles. The van der Waals surface area contributed by atoms with E-state index >= 15 is 0 Å². The Morgan fingerprint density at radius 3 is 2.83 bits per heavy atom. The van der Waals surface area contributed by atoms with Crippen LogP contribution in [0, 0.1) is 0 Å². The molecule has 1 amide bonds. The molecule has 8 heteroatoms. The zero-order valence-electron chi connectivity index (χ0n) is 13.6. The first kappa shape index (κ1) is 18.4. The fourth-order valence-electron chi connectivity index (χ4n) is 2.73. The Hall–Kier alpha value is -0.900. The predicted octanol–water partition coefficient (Wildman–Crippen LogP) is 1.71. The summed E-state index contributed by atoms with van der Waals surface area (Å²) in [5, 5.41) is 6.55. The van der Waals surface area contributed by atoms with E-state index < -0.39 is 0 Å². The summed E-state index contributed by atoms with van der Waals surface area (Å²) >= 11 is 1.69. The van der Waals surface area contributed by atoms with E-state index in [1.165, 1.54) is 12.8 Å². The highest BCUT2D eigenvalue weighted by Gasteiger charge is 2.36. The molecule has 2 fully saturated rings. The fraction of sp³-hybridized carbons (Fsp3) is 0.667. The van der Waals surface area contributed by atoms with Crippen molar-refractivity contribution >= 4 is 47.2 Å². The van der Waals surface area contributed by atoms with Crippen LogP contribution in [0.15, 0.2) is 10.4 Å². The summed E-state index contributed by atoms with van der Waals surface area (Å²) in [4.78, 5) is 25.1. The first-order valence-electron chi connectivity index (χ1n) is 7.89. The Balaban J connectivity index is 0.00000192. The molecule has 1 aromatic heterocycles. The molecule has 2 aliphatic rings. The van der Waals surface area contributed by atoms with Gasteiger partial charge < -0.3 is 15.1 Å².